The van der Waals surface area contributed by atoms with E-state index in [1.54, 1.807) is 11.9 Å². The summed E-state index contributed by atoms with van der Waals surface area (Å²) in [4.78, 5) is 4.23. The molecule has 1 heterocycles. The van der Waals surface area contributed by atoms with E-state index in [0.29, 0.717) is 0 Å². The maximum absolute atomic E-state index is 2.96. The van der Waals surface area contributed by atoms with Crippen molar-refractivity contribution in [3.8, 4) is 0 Å². The third kappa shape index (κ3) is 0.894. The lowest BCUT2D eigenvalue weighted by atomic mass is 10.5. The van der Waals surface area contributed by atoms with Gasteiger partial charge in [0.2, 0.25) is 0 Å². The largest absolute Gasteiger partial charge is 0.315 e. The lowest BCUT2D eigenvalue weighted by molar-refractivity contribution is 0.830. The zero-order valence-electron chi connectivity index (χ0n) is 4.41. The average Bonchev–Trinajstić information content (AvgIpc) is 1.91. The number of hydrogen-bond acceptors (Lipinski definition) is 3. The normalized spacial score (nSPS) is 20.3. The van der Waals surface area contributed by atoms with Crippen LogP contribution in [0.15, 0.2) is 10.6 Å². The van der Waals surface area contributed by atoms with Gasteiger partial charge in [0.05, 0.1) is 0 Å². The molecule has 3 heteroatoms. The Kier molecular flexibility index (Phi) is 1.25. The molecule has 0 amide bonds. The molecular weight excluding hydrogens is 108 g/mol. The van der Waals surface area contributed by atoms with Crippen molar-refractivity contribution in [3.63, 3.8) is 0 Å². The van der Waals surface area contributed by atoms with Gasteiger partial charge in [-0.25, -0.2) is 0 Å². The molecule has 7 heavy (non-hydrogen) atoms. The van der Waals surface area contributed by atoms with Crippen LogP contribution < -0.4 is 10.3 Å². The van der Waals surface area contributed by atoms with Gasteiger partial charge in [0, 0.05) is 10.6 Å². The van der Waals surface area contributed by atoms with Gasteiger partial charge in [-0.05, 0) is 25.8 Å². The lowest BCUT2D eigenvalue weighted by Crippen LogP contribution is -2.16. The second-order valence-corrected chi connectivity index (χ2v) is 2.53. The lowest BCUT2D eigenvalue weighted by Gasteiger charge is -1.89. The molecule has 0 fully saturated rings. The molecule has 0 radical (unpaired) electrons. The zero-order valence-corrected chi connectivity index (χ0v) is 5.22. The zero-order chi connectivity index (χ0) is 5.28. The molecule has 0 aliphatic carbocycles. The fraction of sp³-hybridized carbons (Fsp3) is 0.500. The summed E-state index contributed by atoms with van der Waals surface area (Å²) in [5.74, 6) is 0. The van der Waals surface area contributed by atoms with Crippen LogP contribution in [0.3, 0.4) is 0 Å². The summed E-state index contributed by atoms with van der Waals surface area (Å²) in [5.41, 5.74) is 4.19. The summed E-state index contributed by atoms with van der Waals surface area (Å²) in [6.07, 6.45) is 0. The van der Waals surface area contributed by atoms with Crippen LogP contribution in [0.25, 0.3) is 0 Å². The van der Waals surface area contributed by atoms with E-state index in [2.05, 4.69) is 17.2 Å². The average molecular weight is 116 g/mol. The first kappa shape index (κ1) is 5.00. The molecule has 0 aromatic heterocycles. The summed E-state index contributed by atoms with van der Waals surface area (Å²) in [5, 5.41) is 0. The van der Waals surface area contributed by atoms with Gasteiger partial charge >= 0.3 is 0 Å². The Morgan fingerprint density at radius 1 is 1.43 bits per heavy atom. The molecular formula is C4H8N2S. The predicted octanol–water partition coefficient (Wildman–Crippen LogP) is 0.994. The number of hydrazine groups is 1. The third-order valence-corrected chi connectivity index (χ3v) is 1.79. The highest BCUT2D eigenvalue weighted by Gasteiger charge is 2.02. The molecule has 1 rings (SSSR count). The third-order valence-electron chi connectivity index (χ3n) is 0.971. The highest BCUT2D eigenvalue weighted by molar-refractivity contribution is 8.01. The quantitative estimate of drug-likeness (QED) is 0.461. The van der Waals surface area contributed by atoms with Crippen molar-refractivity contribution in [1.29, 1.82) is 0 Å². The van der Waals surface area contributed by atoms with E-state index in [4.69, 9.17) is 0 Å². The predicted molar refractivity (Wildman–Crippen MR) is 32.2 cm³/mol. The molecule has 0 aromatic rings. The van der Waals surface area contributed by atoms with E-state index in [-0.39, 0.29) is 0 Å². The fourth-order valence-electron chi connectivity index (χ4n) is 0.343. The Labute approximate surface area is 47.5 Å². The highest BCUT2D eigenvalue weighted by Crippen LogP contribution is 2.17. The Hall–Kier alpha value is -0.150. The molecule has 0 aromatic carbocycles. The molecule has 1 aliphatic rings. The molecule has 1 aliphatic heterocycles. The Morgan fingerprint density at radius 2 is 2.14 bits per heavy atom. The standard InChI is InChI=1S/C4H8N2S/c1-3-4(2)7-6-5-3/h5-6H,1-2H3. The minimum atomic E-state index is 1.23. The van der Waals surface area contributed by atoms with Crippen LogP contribution in [-0.4, -0.2) is 0 Å². The van der Waals surface area contributed by atoms with Crippen LogP contribution in [0, 0.1) is 0 Å². The Bertz CT molecular complexity index is 96.3. The Balaban J connectivity index is 2.64. The van der Waals surface area contributed by atoms with Crippen molar-refractivity contribution in [2.24, 2.45) is 0 Å². The summed E-state index contributed by atoms with van der Waals surface area (Å²) < 4.78 is 0. The highest BCUT2D eigenvalue weighted by atomic mass is 32.2. The molecule has 0 atom stereocenters. The minimum absolute atomic E-state index is 1.23. The van der Waals surface area contributed by atoms with Gasteiger partial charge in [-0.1, -0.05) is 0 Å². The van der Waals surface area contributed by atoms with E-state index in [1.807, 2.05) is 6.92 Å². The van der Waals surface area contributed by atoms with Gasteiger partial charge in [0.25, 0.3) is 0 Å². The second-order valence-electron chi connectivity index (χ2n) is 1.51. The van der Waals surface area contributed by atoms with Crippen molar-refractivity contribution in [1.82, 2.24) is 10.3 Å². The maximum atomic E-state index is 2.96. The van der Waals surface area contributed by atoms with Crippen LogP contribution in [0.5, 0.6) is 0 Å². The molecule has 2 N–H and O–H groups in total. The SMILES string of the molecule is CC1=C(C)SNN1. The van der Waals surface area contributed by atoms with Crippen LogP contribution >= 0.6 is 11.9 Å². The van der Waals surface area contributed by atoms with E-state index >= 15 is 0 Å². The van der Waals surface area contributed by atoms with Gasteiger partial charge in [-0.2, -0.15) is 4.83 Å². The molecule has 2 nitrogen and oxygen atoms in total. The topological polar surface area (TPSA) is 24.1 Å². The molecule has 0 saturated carbocycles. The first-order valence-electron chi connectivity index (χ1n) is 2.16. The van der Waals surface area contributed by atoms with Gasteiger partial charge in [-0.3, -0.25) is 0 Å². The van der Waals surface area contributed by atoms with E-state index < -0.39 is 0 Å². The van der Waals surface area contributed by atoms with Crippen LogP contribution in [-0.2, 0) is 0 Å². The number of allylic oxidation sites excluding steroid dienone is 2. The monoisotopic (exact) mass is 116 g/mol. The minimum Gasteiger partial charge on any atom is -0.315 e. The van der Waals surface area contributed by atoms with Gasteiger partial charge in [0.15, 0.2) is 0 Å². The van der Waals surface area contributed by atoms with Gasteiger partial charge in [-0.15, -0.1) is 0 Å². The first-order valence-corrected chi connectivity index (χ1v) is 2.97. The summed E-state index contributed by atoms with van der Waals surface area (Å²) in [6.45, 7) is 4.12. The van der Waals surface area contributed by atoms with E-state index in [0.717, 1.165) is 0 Å². The Morgan fingerprint density at radius 3 is 2.29 bits per heavy atom. The first-order chi connectivity index (χ1) is 3.30. The van der Waals surface area contributed by atoms with Crippen molar-refractivity contribution in [3.05, 3.63) is 10.6 Å². The van der Waals surface area contributed by atoms with E-state index in [9.17, 15) is 0 Å². The number of rotatable bonds is 0. The van der Waals surface area contributed by atoms with Crippen molar-refractivity contribution in [2.45, 2.75) is 13.8 Å². The van der Waals surface area contributed by atoms with Crippen LogP contribution in [0.2, 0.25) is 0 Å². The van der Waals surface area contributed by atoms with Crippen molar-refractivity contribution >= 4 is 11.9 Å². The van der Waals surface area contributed by atoms with Gasteiger partial charge in [0.1, 0.15) is 0 Å². The summed E-state index contributed by atoms with van der Waals surface area (Å²) in [6, 6.07) is 0. The smallest absolute Gasteiger partial charge is 0.0345 e. The summed E-state index contributed by atoms with van der Waals surface area (Å²) in [7, 11) is 0. The van der Waals surface area contributed by atoms with Crippen LogP contribution in [0.4, 0.5) is 0 Å². The maximum Gasteiger partial charge on any atom is 0.0345 e. The fourth-order valence-corrected chi connectivity index (χ4v) is 0.905. The van der Waals surface area contributed by atoms with E-state index in [1.165, 1.54) is 10.6 Å². The molecule has 0 spiro atoms. The van der Waals surface area contributed by atoms with Crippen LogP contribution in [0.1, 0.15) is 13.8 Å². The summed E-state index contributed by atoms with van der Waals surface area (Å²) >= 11 is 1.62. The van der Waals surface area contributed by atoms with Crippen molar-refractivity contribution < 1.29 is 0 Å². The molecule has 40 valence electrons. The number of nitrogens with one attached hydrogen (secondary N) is 2. The van der Waals surface area contributed by atoms with Gasteiger partial charge < -0.3 is 5.43 Å². The molecule has 0 saturated heterocycles. The second kappa shape index (κ2) is 1.76. The number of hydrogen-bond donors (Lipinski definition) is 2. The van der Waals surface area contributed by atoms with Crippen molar-refractivity contribution in [2.75, 3.05) is 0 Å². The molecule has 0 bridgehead atoms. The molecule has 0 unspecified atom stereocenters.